The molecule has 1 aliphatic rings. The molecule has 0 bridgehead atoms. The number of hydrogen-bond donors (Lipinski definition) is 1. The molecule has 6 nitrogen and oxygen atoms in total. The highest BCUT2D eigenvalue weighted by atomic mass is 35.5. The number of amides is 1. The highest BCUT2D eigenvalue weighted by Gasteiger charge is 2.35. The van der Waals surface area contributed by atoms with Gasteiger partial charge < -0.3 is 10.1 Å². The molecule has 0 aliphatic carbocycles. The molecule has 104 valence electrons. The van der Waals surface area contributed by atoms with Crippen molar-refractivity contribution in [2.75, 3.05) is 19.4 Å². The summed E-state index contributed by atoms with van der Waals surface area (Å²) in [5, 5.41) is 0.342. The fraction of sp³-hybridized carbons (Fsp3) is 0.800. The second-order valence-electron chi connectivity index (χ2n) is 4.09. The fourth-order valence-corrected chi connectivity index (χ4v) is 3.76. The lowest BCUT2D eigenvalue weighted by Gasteiger charge is -2.21. The third kappa shape index (κ3) is 3.84. The van der Waals surface area contributed by atoms with Crippen LogP contribution in [0, 0.1) is 0 Å². The van der Waals surface area contributed by atoms with Crippen LogP contribution in [-0.2, 0) is 24.2 Å². The number of alkyl halides is 1. The van der Waals surface area contributed by atoms with Gasteiger partial charge in [0.2, 0.25) is 5.91 Å². The van der Waals surface area contributed by atoms with E-state index in [4.69, 9.17) is 11.6 Å². The number of sulfone groups is 1. The Bertz CT molecular complexity index is 422. The van der Waals surface area contributed by atoms with E-state index in [0.717, 1.165) is 0 Å². The molecular formula is C10H16ClNO5S. The van der Waals surface area contributed by atoms with E-state index in [9.17, 15) is 18.0 Å². The lowest BCUT2D eigenvalue weighted by molar-refractivity contribution is -0.140. The zero-order valence-corrected chi connectivity index (χ0v) is 11.6. The van der Waals surface area contributed by atoms with Crippen LogP contribution in [0.4, 0.5) is 0 Å². The summed E-state index contributed by atoms with van der Waals surface area (Å²) in [6.07, 6.45) is 1.62. The van der Waals surface area contributed by atoms with Crippen LogP contribution in [0.5, 0.6) is 0 Å². The molecule has 2 atom stereocenters. The first-order valence-corrected chi connectivity index (χ1v) is 7.75. The standard InChI is InChI=1S/C10H16ClNO5S/c1-17-10(14)7(11)6-12-9(13)8-4-2-3-5-18(8,15)16/h7-8H,2-6H2,1H3,(H,12,13). The molecule has 0 aromatic carbocycles. The maximum Gasteiger partial charge on any atom is 0.325 e. The molecule has 0 saturated carbocycles. The SMILES string of the molecule is COC(=O)C(Cl)CNC(=O)C1CCCCS1(=O)=O. The largest absolute Gasteiger partial charge is 0.468 e. The first-order valence-electron chi connectivity index (χ1n) is 5.59. The van der Waals surface area contributed by atoms with Crippen LogP contribution < -0.4 is 5.32 Å². The summed E-state index contributed by atoms with van der Waals surface area (Å²) in [6, 6.07) is 0. The highest BCUT2D eigenvalue weighted by Crippen LogP contribution is 2.19. The van der Waals surface area contributed by atoms with E-state index in [2.05, 4.69) is 10.1 Å². The molecule has 1 rings (SSSR count). The fourth-order valence-electron chi connectivity index (χ4n) is 1.76. The number of ether oxygens (including phenoxy) is 1. The van der Waals surface area contributed by atoms with Gasteiger partial charge in [0.15, 0.2) is 9.84 Å². The third-order valence-corrected chi connectivity index (χ3v) is 5.29. The number of carbonyl (C=O) groups is 2. The second-order valence-corrected chi connectivity index (χ2v) is 6.92. The first-order chi connectivity index (χ1) is 8.38. The zero-order chi connectivity index (χ0) is 13.8. The van der Waals surface area contributed by atoms with Gasteiger partial charge in [-0.2, -0.15) is 0 Å². The van der Waals surface area contributed by atoms with Crippen molar-refractivity contribution in [3.8, 4) is 0 Å². The highest BCUT2D eigenvalue weighted by molar-refractivity contribution is 7.92. The molecule has 1 amide bonds. The molecule has 2 unspecified atom stereocenters. The van der Waals surface area contributed by atoms with Crippen molar-refractivity contribution in [1.29, 1.82) is 0 Å². The van der Waals surface area contributed by atoms with E-state index in [-0.39, 0.29) is 12.3 Å². The summed E-state index contributed by atoms with van der Waals surface area (Å²) in [7, 11) is -2.18. The minimum atomic E-state index is -3.37. The predicted molar refractivity (Wildman–Crippen MR) is 66.1 cm³/mol. The summed E-state index contributed by atoms with van der Waals surface area (Å²) in [5.41, 5.74) is 0. The van der Waals surface area contributed by atoms with Gasteiger partial charge in [0.05, 0.1) is 12.9 Å². The van der Waals surface area contributed by atoms with E-state index in [1.54, 1.807) is 0 Å². The minimum absolute atomic E-state index is 0.0341. The smallest absolute Gasteiger partial charge is 0.325 e. The Kier molecular flexibility index (Phi) is 5.40. The Labute approximate surface area is 111 Å². The number of hydrogen-bond acceptors (Lipinski definition) is 5. The first kappa shape index (κ1) is 15.2. The van der Waals surface area contributed by atoms with Crippen LogP contribution >= 0.6 is 11.6 Å². The Hall–Kier alpha value is -0.820. The summed E-state index contributed by atoms with van der Waals surface area (Å²) < 4.78 is 27.7. The van der Waals surface area contributed by atoms with Gasteiger partial charge in [-0.15, -0.1) is 11.6 Å². The van der Waals surface area contributed by atoms with Crippen molar-refractivity contribution in [3.05, 3.63) is 0 Å². The quantitative estimate of drug-likeness (QED) is 0.576. The van der Waals surface area contributed by atoms with Crippen LogP contribution in [0.3, 0.4) is 0 Å². The molecule has 0 aromatic heterocycles. The van der Waals surface area contributed by atoms with E-state index in [0.29, 0.717) is 19.3 Å². The molecular weight excluding hydrogens is 282 g/mol. The van der Waals surface area contributed by atoms with Crippen molar-refractivity contribution in [3.63, 3.8) is 0 Å². The van der Waals surface area contributed by atoms with Crippen LogP contribution in [0.2, 0.25) is 0 Å². The number of methoxy groups -OCH3 is 1. The van der Waals surface area contributed by atoms with E-state index in [1.165, 1.54) is 7.11 Å². The minimum Gasteiger partial charge on any atom is -0.468 e. The van der Waals surface area contributed by atoms with Crippen molar-refractivity contribution in [2.45, 2.75) is 29.9 Å². The van der Waals surface area contributed by atoms with E-state index < -0.39 is 32.3 Å². The molecule has 0 aromatic rings. The van der Waals surface area contributed by atoms with Crippen LogP contribution in [0.15, 0.2) is 0 Å². The predicted octanol–water partition coefficient (Wildman–Crippen LogP) is -0.150. The molecule has 1 fully saturated rings. The Morgan fingerprint density at radius 1 is 1.44 bits per heavy atom. The average molecular weight is 298 g/mol. The maximum atomic E-state index is 11.7. The van der Waals surface area contributed by atoms with Crippen molar-refractivity contribution in [2.24, 2.45) is 0 Å². The third-order valence-electron chi connectivity index (χ3n) is 2.78. The lowest BCUT2D eigenvalue weighted by Crippen LogP contribution is -2.45. The summed E-state index contributed by atoms with van der Waals surface area (Å²) in [5.74, 6) is -1.22. The summed E-state index contributed by atoms with van der Waals surface area (Å²) in [6.45, 7) is -0.140. The Morgan fingerprint density at radius 2 is 2.11 bits per heavy atom. The number of rotatable bonds is 4. The molecule has 1 saturated heterocycles. The van der Waals surface area contributed by atoms with Crippen LogP contribution in [0.25, 0.3) is 0 Å². The molecule has 0 spiro atoms. The molecule has 18 heavy (non-hydrogen) atoms. The van der Waals surface area contributed by atoms with Gasteiger partial charge in [0.1, 0.15) is 10.6 Å². The van der Waals surface area contributed by atoms with Crippen molar-refractivity contribution in [1.82, 2.24) is 5.32 Å². The van der Waals surface area contributed by atoms with Gasteiger partial charge in [0, 0.05) is 6.54 Å². The van der Waals surface area contributed by atoms with Gasteiger partial charge in [-0.25, -0.2) is 8.42 Å². The van der Waals surface area contributed by atoms with Gasteiger partial charge >= 0.3 is 5.97 Å². The van der Waals surface area contributed by atoms with Crippen LogP contribution in [0.1, 0.15) is 19.3 Å². The molecule has 1 aliphatic heterocycles. The van der Waals surface area contributed by atoms with Crippen molar-refractivity contribution >= 4 is 33.3 Å². The van der Waals surface area contributed by atoms with Crippen LogP contribution in [-0.4, -0.2) is 50.3 Å². The number of nitrogens with one attached hydrogen (secondary N) is 1. The monoisotopic (exact) mass is 297 g/mol. The van der Waals surface area contributed by atoms with Gasteiger partial charge in [-0.3, -0.25) is 9.59 Å². The number of halogens is 1. The van der Waals surface area contributed by atoms with Gasteiger partial charge in [0.25, 0.3) is 0 Å². The summed E-state index contributed by atoms with van der Waals surface area (Å²) in [4.78, 5) is 22.7. The normalized spacial score (nSPS) is 24.0. The Morgan fingerprint density at radius 3 is 2.67 bits per heavy atom. The molecule has 1 N–H and O–H groups in total. The topological polar surface area (TPSA) is 89.5 Å². The molecule has 0 radical (unpaired) electrons. The maximum absolute atomic E-state index is 11.7. The Balaban J connectivity index is 2.53. The average Bonchev–Trinajstić information content (AvgIpc) is 2.33. The lowest BCUT2D eigenvalue weighted by atomic mass is 10.2. The van der Waals surface area contributed by atoms with Gasteiger partial charge in [-0.05, 0) is 12.8 Å². The molecule has 1 heterocycles. The van der Waals surface area contributed by atoms with E-state index in [1.807, 2.05) is 0 Å². The zero-order valence-electron chi connectivity index (χ0n) is 10.0. The number of carbonyl (C=O) groups excluding carboxylic acids is 2. The number of esters is 1. The van der Waals surface area contributed by atoms with Crippen molar-refractivity contribution < 1.29 is 22.7 Å². The van der Waals surface area contributed by atoms with E-state index >= 15 is 0 Å². The van der Waals surface area contributed by atoms with Gasteiger partial charge in [-0.1, -0.05) is 6.42 Å². The second kappa shape index (κ2) is 6.38. The summed E-state index contributed by atoms with van der Waals surface area (Å²) >= 11 is 5.65. The molecule has 8 heteroatoms.